The molecular formula is C9H16N4O3. The van der Waals surface area contributed by atoms with Crippen molar-refractivity contribution in [1.29, 1.82) is 0 Å². The first-order valence-corrected chi connectivity index (χ1v) is 5.21. The van der Waals surface area contributed by atoms with Crippen molar-refractivity contribution in [2.75, 3.05) is 19.6 Å². The summed E-state index contributed by atoms with van der Waals surface area (Å²) in [5.74, 6) is -1.80. The van der Waals surface area contributed by atoms with Crippen molar-refractivity contribution in [3.05, 3.63) is 0 Å². The van der Waals surface area contributed by atoms with Crippen LogP contribution in [-0.2, 0) is 14.4 Å². The first-order chi connectivity index (χ1) is 7.65. The van der Waals surface area contributed by atoms with E-state index >= 15 is 0 Å². The lowest BCUT2D eigenvalue weighted by Crippen LogP contribution is -2.53. The highest BCUT2D eigenvalue weighted by atomic mass is 16.2. The first kappa shape index (κ1) is 12.4. The van der Waals surface area contributed by atoms with E-state index in [9.17, 15) is 14.4 Å². The van der Waals surface area contributed by atoms with Crippen molar-refractivity contribution in [2.45, 2.75) is 18.9 Å². The maximum Gasteiger partial charge on any atom is 0.309 e. The predicted molar refractivity (Wildman–Crippen MR) is 56.2 cm³/mol. The number of piperidine rings is 1. The van der Waals surface area contributed by atoms with E-state index in [1.54, 1.807) is 0 Å². The number of nitrogens with one attached hydrogen (secondary N) is 3. The lowest BCUT2D eigenvalue weighted by molar-refractivity contribution is -0.140. The van der Waals surface area contributed by atoms with E-state index in [-0.39, 0.29) is 19.0 Å². The lowest BCUT2D eigenvalue weighted by Gasteiger charge is -2.22. The Morgan fingerprint density at radius 2 is 2.19 bits per heavy atom. The molecule has 0 aliphatic carbocycles. The van der Waals surface area contributed by atoms with Gasteiger partial charge in [0, 0.05) is 19.6 Å². The Hall–Kier alpha value is -1.63. The van der Waals surface area contributed by atoms with E-state index in [0.717, 1.165) is 6.42 Å². The predicted octanol–water partition coefficient (Wildman–Crippen LogP) is -2.54. The topological polar surface area (TPSA) is 113 Å². The Bertz CT molecular complexity index is 292. The smallest absolute Gasteiger partial charge is 0.309 e. The standard InChI is InChI=1S/C9H16N4O3/c10-3-5-12-8(15)9(16)13-6-2-1-4-11-7(6)14/h6H,1-5,10H2,(H,11,14)(H,12,15)(H,13,16). The van der Waals surface area contributed by atoms with Crippen LogP contribution in [0.3, 0.4) is 0 Å². The van der Waals surface area contributed by atoms with Gasteiger partial charge in [0.2, 0.25) is 5.91 Å². The number of hydrogen-bond donors (Lipinski definition) is 4. The zero-order chi connectivity index (χ0) is 12.0. The van der Waals surface area contributed by atoms with Crippen LogP contribution in [0.1, 0.15) is 12.8 Å². The molecule has 1 aliphatic rings. The monoisotopic (exact) mass is 228 g/mol. The molecule has 90 valence electrons. The average molecular weight is 228 g/mol. The Balaban J connectivity index is 2.37. The average Bonchev–Trinajstić information content (AvgIpc) is 2.28. The van der Waals surface area contributed by atoms with Crippen LogP contribution in [-0.4, -0.2) is 43.4 Å². The van der Waals surface area contributed by atoms with E-state index in [1.807, 2.05) is 0 Å². The van der Waals surface area contributed by atoms with Gasteiger partial charge in [-0.1, -0.05) is 0 Å². The molecule has 0 aromatic heterocycles. The molecule has 1 heterocycles. The van der Waals surface area contributed by atoms with Crippen LogP contribution in [0.15, 0.2) is 0 Å². The molecule has 0 saturated carbocycles. The number of carbonyl (C=O) groups excluding carboxylic acids is 3. The summed E-state index contributed by atoms with van der Waals surface area (Å²) in [4.78, 5) is 33.8. The second-order valence-electron chi connectivity index (χ2n) is 3.50. The molecule has 1 saturated heterocycles. The van der Waals surface area contributed by atoms with Gasteiger partial charge in [-0.3, -0.25) is 14.4 Å². The molecule has 0 aromatic rings. The summed E-state index contributed by atoms with van der Waals surface area (Å²) in [6.45, 7) is 1.12. The van der Waals surface area contributed by atoms with Gasteiger partial charge >= 0.3 is 11.8 Å². The van der Waals surface area contributed by atoms with Crippen molar-refractivity contribution in [2.24, 2.45) is 5.73 Å². The van der Waals surface area contributed by atoms with E-state index in [0.29, 0.717) is 13.0 Å². The van der Waals surface area contributed by atoms with Gasteiger partial charge in [-0.25, -0.2) is 0 Å². The van der Waals surface area contributed by atoms with Gasteiger partial charge in [-0.15, -0.1) is 0 Å². The molecule has 0 aromatic carbocycles. The molecule has 5 N–H and O–H groups in total. The zero-order valence-electron chi connectivity index (χ0n) is 8.91. The number of nitrogens with two attached hydrogens (primary N) is 1. The summed E-state index contributed by atoms with van der Waals surface area (Å²) < 4.78 is 0. The normalized spacial score (nSPS) is 19.8. The van der Waals surface area contributed by atoms with Crippen LogP contribution in [0.5, 0.6) is 0 Å². The fourth-order valence-electron chi connectivity index (χ4n) is 1.40. The molecule has 16 heavy (non-hydrogen) atoms. The summed E-state index contributed by atoms with van der Waals surface area (Å²) >= 11 is 0. The van der Waals surface area contributed by atoms with Crippen molar-refractivity contribution < 1.29 is 14.4 Å². The summed E-state index contributed by atoms with van der Waals surface area (Å²) in [6.07, 6.45) is 1.35. The van der Waals surface area contributed by atoms with Crippen LogP contribution in [0.2, 0.25) is 0 Å². The van der Waals surface area contributed by atoms with Gasteiger partial charge in [-0.2, -0.15) is 0 Å². The Morgan fingerprint density at radius 1 is 1.44 bits per heavy atom. The van der Waals surface area contributed by atoms with Crippen LogP contribution < -0.4 is 21.7 Å². The second-order valence-corrected chi connectivity index (χ2v) is 3.50. The highest BCUT2D eigenvalue weighted by molar-refractivity contribution is 6.35. The van der Waals surface area contributed by atoms with E-state index < -0.39 is 17.9 Å². The molecule has 0 bridgehead atoms. The number of amides is 3. The van der Waals surface area contributed by atoms with Crippen LogP contribution >= 0.6 is 0 Å². The van der Waals surface area contributed by atoms with E-state index in [2.05, 4.69) is 16.0 Å². The van der Waals surface area contributed by atoms with Gasteiger partial charge in [0.15, 0.2) is 0 Å². The summed E-state index contributed by atoms with van der Waals surface area (Å²) in [7, 11) is 0. The number of rotatable bonds is 3. The number of carbonyl (C=O) groups is 3. The minimum Gasteiger partial charge on any atom is -0.354 e. The molecule has 0 spiro atoms. The number of hydrogen-bond acceptors (Lipinski definition) is 4. The van der Waals surface area contributed by atoms with Crippen molar-refractivity contribution in [3.63, 3.8) is 0 Å². The summed E-state index contributed by atoms with van der Waals surface area (Å²) in [5.41, 5.74) is 5.17. The first-order valence-electron chi connectivity index (χ1n) is 5.21. The van der Waals surface area contributed by atoms with Crippen LogP contribution in [0.25, 0.3) is 0 Å². The van der Waals surface area contributed by atoms with Crippen molar-refractivity contribution in [1.82, 2.24) is 16.0 Å². The Labute approximate surface area is 93.1 Å². The van der Waals surface area contributed by atoms with E-state index in [1.165, 1.54) is 0 Å². The molecule has 3 amide bonds. The largest absolute Gasteiger partial charge is 0.354 e. The van der Waals surface area contributed by atoms with Gasteiger partial charge in [0.05, 0.1) is 0 Å². The lowest BCUT2D eigenvalue weighted by atomic mass is 10.1. The van der Waals surface area contributed by atoms with Gasteiger partial charge < -0.3 is 21.7 Å². The molecule has 1 aliphatic heterocycles. The molecule has 1 fully saturated rings. The molecule has 7 nitrogen and oxygen atoms in total. The van der Waals surface area contributed by atoms with Crippen LogP contribution in [0, 0.1) is 0 Å². The molecule has 0 radical (unpaired) electrons. The van der Waals surface area contributed by atoms with Gasteiger partial charge in [0.25, 0.3) is 0 Å². The van der Waals surface area contributed by atoms with Crippen molar-refractivity contribution >= 4 is 17.7 Å². The Morgan fingerprint density at radius 3 is 2.81 bits per heavy atom. The van der Waals surface area contributed by atoms with Crippen molar-refractivity contribution in [3.8, 4) is 0 Å². The maximum atomic E-state index is 11.3. The SMILES string of the molecule is NCCNC(=O)C(=O)NC1CCCNC1=O. The van der Waals surface area contributed by atoms with Crippen LogP contribution in [0.4, 0.5) is 0 Å². The molecule has 1 rings (SSSR count). The van der Waals surface area contributed by atoms with Gasteiger partial charge in [-0.05, 0) is 12.8 Å². The minimum absolute atomic E-state index is 0.239. The third kappa shape index (κ3) is 3.50. The highest BCUT2D eigenvalue weighted by Gasteiger charge is 2.25. The van der Waals surface area contributed by atoms with Gasteiger partial charge in [0.1, 0.15) is 6.04 Å². The summed E-state index contributed by atoms with van der Waals surface area (Å²) in [6, 6.07) is -0.607. The summed E-state index contributed by atoms with van der Waals surface area (Å²) in [5, 5.41) is 7.32. The minimum atomic E-state index is -0.796. The molecular weight excluding hydrogens is 212 g/mol. The Kier molecular flexibility index (Phi) is 4.71. The fraction of sp³-hybridized carbons (Fsp3) is 0.667. The molecule has 1 unspecified atom stereocenters. The highest BCUT2D eigenvalue weighted by Crippen LogP contribution is 2.02. The second kappa shape index (κ2) is 6.06. The fourth-order valence-corrected chi connectivity index (χ4v) is 1.40. The quantitative estimate of drug-likeness (QED) is 0.398. The zero-order valence-corrected chi connectivity index (χ0v) is 8.91. The third-order valence-corrected chi connectivity index (χ3v) is 2.23. The molecule has 7 heteroatoms. The maximum absolute atomic E-state index is 11.3. The van der Waals surface area contributed by atoms with E-state index in [4.69, 9.17) is 5.73 Å². The third-order valence-electron chi connectivity index (χ3n) is 2.23. The molecule has 1 atom stereocenters.